The highest BCUT2D eigenvalue weighted by Gasteiger charge is 2.53. The van der Waals surface area contributed by atoms with Crippen molar-refractivity contribution in [3.63, 3.8) is 0 Å². The van der Waals surface area contributed by atoms with Gasteiger partial charge in [0.1, 0.15) is 6.04 Å². The minimum absolute atomic E-state index is 0.0558. The van der Waals surface area contributed by atoms with Crippen molar-refractivity contribution >= 4 is 11.9 Å². The first kappa shape index (κ1) is 13.2. The smallest absolute Gasteiger partial charge is 0.329 e. The summed E-state index contributed by atoms with van der Waals surface area (Å²) >= 11 is 0. The van der Waals surface area contributed by atoms with Gasteiger partial charge < -0.3 is 10.1 Å². The van der Waals surface area contributed by atoms with Crippen LogP contribution in [0.5, 0.6) is 0 Å². The lowest BCUT2D eigenvalue weighted by Gasteiger charge is -2.38. The summed E-state index contributed by atoms with van der Waals surface area (Å²) < 4.78 is 5.16. The molecule has 2 aliphatic rings. The summed E-state index contributed by atoms with van der Waals surface area (Å²) in [5, 5.41) is 2.83. The van der Waals surface area contributed by atoms with E-state index in [1.807, 2.05) is 12.1 Å². The summed E-state index contributed by atoms with van der Waals surface area (Å²) in [5.41, 5.74) is 1.98. The first-order valence-corrected chi connectivity index (χ1v) is 7.22. The zero-order valence-corrected chi connectivity index (χ0v) is 11.6. The molecule has 4 nitrogen and oxygen atoms in total. The second-order valence-electron chi connectivity index (χ2n) is 5.60. The average Bonchev–Trinajstić information content (AvgIpc) is 2.77. The summed E-state index contributed by atoms with van der Waals surface area (Å²) in [5.74, 6) is -0.366. The monoisotopic (exact) mass is 273 g/mol. The Bertz CT molecular complexity index is 554. The van der Waals surface area contributed by atoms with E-state index in [0.717, 1.165) is 24.8 Å². The van der Waals surface area contributed by atoms with Crippen LogP contribution in [-0.4, -0.2) is 24.5 Å². The van der Waals surface area contributed by atoms with Crippen LogP contribution in [-0.2, 0) is 26.2 Å². The Morgan fingerprint density at radius 2 is 2.25 bits per heavy atom. The molecule has 2 unspecified atom stereocenters. The second-order valence-corrected chi connectivity index (χ2v) is 5.60. The maximum Gasteiger partial charge on any atom is 0.329 e. The minimum atomic E-state index is -0.545. The largest absolute Gasteiger partial charge is 0.464 e. The number of amides is 1. The van der Waals surface area contributed by atoms with Gasteiger partial charge in [0.25, 0.3) is 0 Å². The number of hydrogen-bond donors (Lipinski definition) is 1. The number of hydrogen-bond acceptors (Lipinski definition) is 3. The minimum Gasteiger partial charge on any atom is -0.464 e. The van der Waals surface area contributed by atoms with Crippen LogP contribution in [0.1, 0.15) is 37.3 Å². The van der Waals surface area contributed by atoms with Crippen molar-refractivity contribution < 1.29 is 14.3 Å². The van der Waals surface area contributed by atoms with Crippen LogP contribution in [0.15, 0.2) is 24.3 Å². The van der Waals surface area contributed by atoms with Gasteiger partial charge in [0.15, 0.2) is 0 Å². The standard InChI is InChI=1S/C16H19NO3/c1-2-20-15(19)14-16(10-13(18)17-14)9-5-7-11-6-3-4-8-12(11)16/h3-4,6,8,14H,2,5,7,9-10H2,1H3,(H,17,18). The topological polar surface area (TPSA) is 55.4 Å². The maximum absolute atomic E-state index is 12.2. The van der Waals surface area contributed by atoms with Crippen LogP contribution in [0.25, 0.3) is 0 Å². The average molecular weight is 273 g/mol. The van der Waals surface area contributed by atoms with E-state index < -0.39 is 11.5 Å². The Morgan fingerprint density at radius 1 is 1.45 bits per heavy atom. The van der Waals surface area contributed by atoms with Crippen molar-refractivity contribution in [3.8, 4) is 0 Å². The summed E-state index contributed by atoms with van der Waals surface area (Å²) in [6.45, 7) is 2.12. The van der Waals surface area contributed by atoms with Crippen molar-refractivity contribution in [2.45, 2.75) is 44.1 Å². The van der Waals surface area contributed by atoms with Gasteiger partial charge in [-0.15, -0.1) is 0 Å². The molecule has 0 bridgehead atoms. The zero-order chi connectivity index (χ0) is 14.2. The van der Waals surface area contributed by atoms with E-state index in [4.69, 9.17) is 4.74 Å². The Kier molecular flexibility index (Phi) is 3.24. The van der Waals surface area contributed by atoms with Gasteiger partial charge >= 0.3 is 5.97 Å². The van der Waals surface area contributed by atoms with Crippen LogP contribution in [0, 0.1) is 0 Å². The highest BCUT2D eigenvalue weighted by molar-refractivity contribution is 5.92. The summed E-state index contributed by atoms with van der Waals surface area (Å²) in [6, 6.07) is 7.61. The van der Waals surface area contributed by atoms with Gasteiger partial charge in [0, 0.05) is 11.8 Å². The number of nitrogens with one attached hydrogen (secondary N) is 1. The van der Waals surface area contributed by atoms with Crippen LogP contribution >= 0.6 is 0 Å². The van der Waals surface area contributed by atoms with E-state index in [1.165, 1.54) is 5.56 Å². The molecule has 2 atom stereocenters. The molecule has 0 saturated carbocycles. The fourth-order valence-corrected chi connectivity index (χ4v) is 3.69. The molecule has 0 aromatic heterocycles. The van der Waals surface area contributed by atoms with Crippen molar-refractivity contribution in [1.82, 2.24) is 5.32 Å². The Morgan fingerprint density at radius 3 is 3.05 bits per heavy atom. The number of carbonyl (C=O) groups excluding carboxylic acids is 2. The van der Waals surface area contributed by atoms with Crippen LogP contribution in [0.3, 0.4) is 0 Å². The lowest BCUT2D eigenvalue weighted by molar-refractivity contribution is -0.147. The Hall–Kier alpha value is -1.84. The van der Waals surface area contributed by atoms with Crippen LogP contribution < -0.4 is 5.32 Å². The molecule has 1 spiro atoms. The van der Waals surface area contributed by atoms with Crippen LogP contribution in [0.4, 0.5) is 0 Å². The molecule has 1 saturated heterocycles. The predicted molar refractivity (Wildman–Crippen MR) is 74.2 cm³/mol. The van der Waals surface area contributed by atoms with Gasteiger partial charge in [-0.1, -0.05) is 24.3 Å². The van der Waals surface area contributed by atoms with Gasteiger partial charge in [0.05, 0.1) is 6.61 Å². The van der Waals surface area contributed by atoms with Crippen molar-refractivity contribution in [3.05, 3.63) is 35.4 Å². The number of ether oxygens (including phenoxy) is 1. The predicted octanol–water partition coefficient (Wildman–Crippen LogP) is 1.71. The number of rotatable bonds is 2. The molecule has 1 N–H and O–H groups in total. The Balaban J connectivity index is 2.06. The Labute approximate surface area is 118 Å². The maximum atomic E-state index is 12.2. The van der Waals surface area contributed by atoms with E-state index >= 15 is 0 Å². The molecule has 0 radical (unpaired) electrons. The highest BCUT2D eigenvalue weighted by atomic mass is 16.5. The molecule has 20 heavy (non-hydrogen) atoms. The quantitative estimate of drug-likeness (QED) is 0.835. The summed E-state index contributed by atoms with van der Waals surface area (Å²) in [7, 11) is 0. The molecule has 1 aliphatic heterocycles. The van der Waals surface area contributed by atoms with E-state index in [-0.39, 0.29) is 11.9 Å². The van der Waals surface area contributed by atoms with E-state index in [0.29, 0.717) is 13.0 Å². The molecule has 4 heteroatoms. The van der Waals surface area contributed by atoms with Gasteiger partial charge in [-0.05, 0) is 37.3 Å². The highest BCUT2D eigenvalue weighted by Crippen LogP contribution is 2.45. The molecule has 1 aromatic carbocycles. The number of carbonyl (C=O) groups is 2. The zero-order valence-electron chi connectivity index (χ0n) is 11.6. The summed E-state index contributed by atoms with van der Waals surface area (Å²) in [4.78, 5) is 24.2. The van der Waals surface area contributed by atoms with E-state index in [9.17, 15) is 9.59 Å². The summed E-state index contributed by atoms with van der Waals surface area (Å²) in [6.07, 6.45) is 3.25. The second kappa shape index (κ2) is 4.93. The third-order valence-corrected chi connectivity index (χ3v) is 4.48. The van der Waals surface area contributed by atoms with E-state index in [2.05, 4.69) is 17.4 Å². The molecule has 1 aromatic rings. The van der Waals surface area contributed by atoms with Gasteiger partial charge in [0.2, 0.25) is 5.91 Å². The lowest BCUT2D eigenvalue weighted by atomic mass is 9.65. The third-order valence-electron chi connectivity index (χ3n) is 4.48. The van der Waals surface area contributed by atoms with Gasteiger partial charge in [-0.2, -0.15) is 0 Å². The van der Waals surface area contributed by atoms with Crippen molar-refractivity contribution in [1.29, 1.82) is 0 Å². The molecular formula is C16H19NO3. The van der Waals surface area contributed by atoms with Crippen LogP contribution in [0.2, 0.25) is 0 Å². The van der Waals surface area contributed by atoms with Gasteiger partial charge in [-0.3, -0.25) is 4.79 Å². The number of fused-ring (bicyclic) bond motifs is 2. The van der Waals surface area contributed by atoms with Crippen molar-refractivity contribution in [2.24, 2.45) is 0 Å². The third kappa shape index (κ3) is 1.90. The molecular weight excluding hydrogens is 254 g/mol. The lowest BCUT2D eigenvalue weighted by Crippen LogP contribution is -2.49. The molecule has 1 aliphatic carbocycles. The molecule has 1 amide bonds. The number of benzene rings is 1. The van der Waals surface area contributed by atoms with Crippen molar-refractivity contribution in [2.75, 3.05) is 6.61 Å². The molecule has 1 fully saturated rings. The fourth-order valence-electron chi connectivity index (χ4n) is 3.69. The fraction of sp³-hybridized carbons (Fsp3) is 0.500. The molecule has 1 heterocycles. The SMILES string of the molecule is CCOC(=O)C1NC(=O)CC12CCCc1ccccc12. The molecule has 3 rings (SSSR count). The normalized spacial score (nSPS) is 28.1. The molecule has 106 valence electrons. The van der Waals surface area contributed by atoms with E-state index in [1.54, 1.807) is 6.92 Å². The van der Waals surface area contributed by atoms with Gasteiger partial charge in [-0.25, -0.2) is 4.79 Å². The first-order valence-electron chi connectivity index (χ1n) is 7.22. The number of esters is 1. The number of aryl methyl sites for hydroxylation is 1. The first-order chi connectivity index (χ1) is 9.67.